The number of carbonyl (C=O) groups is 2. The second-order valence-corrected chi connectivity index (χ2v) is 6.10. The molecule has 0 bridgehead atoms. The lowest BCUT2D eigenvalue weighted by Gasteiger charge is -2.55. The van der Waals surface area contributed by atoms with Crippen molar-refractivity contribution in [3.8, 4) is 0 Å². The van der Waals surface area contributed by atoms with Crippen molar-refractivity contribution < 1.29 is 50.4 Å². The summed E-state index contributed by atoms with van der Waals surface area (Å²) in [5, 5.41) is 79.1. The molecular weight excluding hydrogens is 352 g/mol. The number of aliphatic hydroxyl groups is 7. The maximum Gasteiger partial charge on any atom is 0.339 e. The van der Waals surface area contributed by atoms with E-state index in [0.29, 0.717) is 11.6 Å². The van der Waals surface area contributed by atoms with Gasteiger partial charge in [-0.25, -0.2) is 4.79 Å². The van der Waals surface area contributed by atoms with Crippen molar-refractivity contribution in [2.24, 2.45) is 0 Å². The van der Waals surface area contributed by atoms with E-state index in [0.717, 1.165) is 6.08 Å². The van der Waals surface area contributed by atoms with Gasteiger partial charge in [0.1, 0.15) is 6.10 Å². The molecule has 0 aromatic heterocycles. The summed E-state index contributed by atoms with van der Waals surface area (Å²) in [6.07, 6.45) is -2.47. The van der Waals surface area contributed by atoms with Gasteiger partial charge in [0.25, 0.3) is 5.79 Å². The zero-order valence-electron chi connectivity index (χ0n) is 13.2. The van der Waals surface area contributed by atoms with Crippen LogP contribution in [0.3, 0.4) is 0 Å². The van der Waals surface area contributed by atoms with Gasteiger partial charge in [-0.1, -0.05) is 36.4 Å². The molecule has 0 aliphatic heterocycles. The Kier molecular flexibility index (Phi) is 4.81. The molecule has 1 aromatic rings. The molecular formula is C16H18O10. The molecule has 2 rings (SSSR count). The molecule has 8 N–H and O–H groups in total. The van der Waals surface area contributed by atoms with Crippen molar-refractivity contribution >= 4 is 17.8 Å². The van der Waals surface area contributed by atoms with Crippen LogP contribution < -0.4 is 0 Å². The molecule has 3 atom stereocenters. The van der Waals surface area contributed by atoms with E-state index >= 15 is 0 Å². The molecule has 0 amide bonds. The fraction of sp³-hybridized carbons (Fsp3) is 0.375. The van der Waals surface area contributed by atoms with E-state index in [9.17, 15) is 50.4 Å². The highest BCUT2D eigenvalue weighted by Gasteiger charge is 2.81. The fourth-order valence-corrected chi connectivity index (χ4v) is 2.83. The maximum absolute atomic E-state index is 12.4. The van der Waals surface area contributed by atoms with Crippen LogP contribution in [-0.2, 0) is 9.59 Å². The molecule has 1 aromatic carbocycles. The summed E-state index contributed by atoms with van der Waals surface area (Å²) >= 11 is 0. The van der Waals surface area contributed by atoms with Crippen molar-refractivity contribution in [3.05, 3.63) is 42.0 Å². The lowest BCUT2D eigenvalue weighted by atomic mass is 9.62. The Morgan fingerprint density at radius 2 is 1.54 bits per heavy atom. The highest BCUT2D eigenvalue weighted by molar-refractivity contribution is 6.05. The molecule has 0 radical (unpaired) electrons. The summed E-state index contributed by atoms with van der Waals surface area (Å²) in [6, 6.07) is 7.90. The van der Waals surface area contributed by atoms with Crippen LogP contribution in [0, 0.1) is 0 Å². The summed E-state index contributed by atoms with van der Waals surface area (Å²) in [6.45, 7) is 0. The Balaban J connectivity index is 2.59. The number of aliphatic hydroxyl groups excluding tert-OH is 1. The predicted octanol–water partition coefficient (Wildman–Crippen LogP) is -3.06. The number of carboxylic acids is 1. The van der Waals surface area contributed by atoms with Crippen LogP contribution in [0.15, 0.2) is 36.4 Å². The predicted molar refractivity (Wildman–Crippen MR) is 83.0 cm³/mol. The lowest BCUT2D eigenvalue weighted by molar-refractivity contribution is -0.456. The summed E-state index contributed by atoms with van der Waals surface area (Å²) in [5.41, 5.74) is -7.25. The van der Waals surface area contributed by atoms with Gasteiger partial charge in [-0.15, -0.1) is 0 Å². The molecule has 1 saturated carbocycles. The number of hydrogen-bond donors (Lipinski definition) is 8. The van der Waals surface area contributed by atoms with Crippen LogP contribution in [-0.4, -0.2) is 81.5 Å². The molecule has 0 spiro atoms. The first kappa shape index (κ1) is 20.1. The zero-order valence-corrected chi connectivity index (χ0v) is 13.2. The molecule has 1 aliphatic rings. The molecule has 1 fully saturated rings. The Morgan fingerprint density at radius 1 is 1.00 bits per heavy atom. The van der Waals surface area contributed by atoms with Crippen LogP contribution in [0.25, 0.3) is 6.08 Å². The van der Waals surface area contributed by atoms with E-state index in [4.69, 9.17) is 0 Å². The molecule has 0 heterocycles. The Bertz CT molecular complexity index is 741. The highest BCUT2D eigenvalue weighted by atomic mass is 16.6. The largest absolute Gasteiger partial charge is 0.479 e. The molecule has 2 unspecified atom stereocenters. The number of aliphatic carboxylic acids is 1. The van der Waals surface area contributed by atoms with Crippen LogP contribution in [0.5, 0.6) is 0 Å². The van der Waals surface area contributed by atoms with E-state index in [1.54, 1.807) is 18.2 Å². The standard InChI is InChI=1S/C16H18O10/c17-10(7-6-9-4-2-1-3-5-9)14(22)13(21,12(19)20)8-11(18)15(23,24)16(14,25)26/h1-7,11,18,21-26H,8H2,(H,19,20)/t11-,13?,14?/m1/s1. The van der Waals surface area contributed by atoms with Gasteiger partial charge in [0.2, 0.25) is 17.0 Å². The van der Waals surface area contributed by atoms with Gasteiger partial charge < -0.3 is 40.9 Å². The third kappa shape index (κ3) is 2.56. The van der Waals surface area contributed by atoms with Crippen LogP contribution in [0.1, 0.15) is 12.0 Å². The number of benzene rings is 1. The number of ketones is 1. The van der Waals surface area contributed by atoms with Crippen molar-refractivity contribution in [2.45, 2.75) is 35.3 Å². The second-order valence-electron chi connectivity index (χ2n) is 6.10. The summed E-state index contributed by atoms with van der Waals surface area (Å²) in [7, 11) is 0. The molecule has 26 heavy (non-hydrogen) atoms. The van der Waals surface area contributed by atoms with E-state index in [1.807, 2.05) is 0 Å². The van der Waals surface area contributed by atoms with Gasteiger partial charge in [0.15, 0.2) is 5.78 Å². The monoisotopic (exact) mass is 370 g/mol. The maximum atomic E-state index is 12.4. The average Bonchev–Trinajstić information content (AvgIpc) is 2.57. The third-order valence-corrected chi connectivity index (χ3v) is 4.51. The smallest absolute Gasteiger partial charge is 0.339 e. The Morgan fingerprint density at radius 3 is 2.04 bits per heavy atom. The van der Waals surface area contributed by atoms with Gasteiger partial charge >= 0.3 is 5.97 Å². The second kappa shape index (κ2) is 6.21. The first-order valence-corrected chi connectivity index (χ1v) is 7.35. The summed E-state index contributed by atoms with van der Waals surface area (Å²) in [5.74, 6) is -12.3. The van der Waals surface area contributed by atoms with Gasteiger partial charge in [0.05, 0.1) is 0 Å². The minimum absolute atomic E-state index is 0.403. The van der Waals surface area contributed by atoms with E-state index in [2.05, 4.69) is 0 Å². The molecule has 10 nitrogen and oxygen atoms in total. The summed E-state index contributed by atoms with van der Waals surface area (Å²) in [4.78, 5) is 23.9. The highest BCUT2D eigenvalue weighted by Crippen LogP contribution is 2.48. The normalized spacial score (nSPS) is 33.1. The first-order chi connectivity index (χ1) is 11.8. The van der Waals surface area contributed by atoms with Gasteiger partial charge in [-0.3, -0.25) is 4.79 Å². The molecule has 10 heteroatoms. The van der Waals surface area contributed by atoms with Crippen molar-refractivity contribution in [1.29, 1.82) is 0 Å². The van der Waals surface area contributed by atoms with Crippen LogP contribution in [0.2, 0.25) is 0 Å². The minimum atomic E-state index is -4.33. The van der Waals surface area contributed by atoms with Gasteiger partial charge in [-0.2, -0.15) is 0 Å². The fourth-order valence-electron chi connectivity index (χ4n) is 2.83. The molecule has 1 aliphatic carbocycles. The number of carbonyl (C=O) groups excluding carboxylic acids is 1. The van der Waals surface area contributed by atoms with Crippen LogP contribution in [0.4, 0.5) is 0 Å². The van der Waals surface area contributed by atoms with Crippen molar-refractivity contribution in [1.82, 2.24) is 0 Å². The molecule has 142 valence electrons. The summed E-state index contributed by atoms with van der Waals surface area (Å²) < 4.78 is 0. The van der Waals surface area contributed by atoms with Crippen molar-refractivity contribution in [2.75, 3.05) is 0 Å². The SMILES string of the molecule is O=C(O)C1(O)C[C@@H](O)C(O)(O)C(O)(O)C1(O)C(=O)C=Cc1ccccc1. The number of rotatable bonds is 4. The van der Waals surface area contributed by atoms with Crippen LogP contribution >= 0.6 is 0 Å². The van der Waals surface area contributed by atoms with Gasteiger partial charge in [0, 0.05) is 6.42 Å². The third-order valence-electron chi connectivity index (χ3n) is 4.51. The first-order valence-electron chi connectivity index (χ1n) is 7.35. The average molecular weight is 370 g/mol. The number of hydrogen-bond acceptors (Lipinski definition) is 9. The van der Waals surface area contributed by atoms with E-state index < -0.39 is 47.1 Å². The Labute approximate surface area is 146 Å². The zero-order chi connectivity index (χ0) is 20.0. The van der Waals surface area contributed by atoms with E-state index in [1.165, 1.54) is 12.1 Å². The number of carboxylic acid groups (broad SMARTS) is 1. The topological polar surface area (TPSA) is 196 Å². The van der Waals surface area contributed by atoms with E-state index in [-0.39, 0.29) is 0 Å². The van der Waals surface area contributed by atoms with Gasteiger partial charge in [-0.05, 0) is 11.6 Å². The lowest BCUT2D eigenvalue weighted by Crippen LogP contribution is -2.86. The minimum Gasteiger partial charge on any atom is -0.479 e. The Hall–Kier alpha value is -2.18. The van der Waals surface area contributed by atoms with Crippen molar-refractivity contribution in [3.63, 3.8) is 0 Å². The molecule has 0 saturated heterocycles. The quantitative estimate of drug-likeness (QED) is 0.199.